The normalized spacial score (nSPS) is 18.2. The minimum Gasteiger partial charge on any atom is -0.444 e. The molecule has 2 heterocycles. The number of carbonyl (C=O) groups is 3. The number of likely N-dealkylation sites (tertiary alicyclic amines) is 1. The molecule has 10 heteroatoms. The Kier molecular flexibility index (Phi) is 9.57. The van der Waals surface area contributed by atoms with Gasteiger partial charge in [-0.25, -0.2) is 9.18 Å². The maximum absolute atomic E-state index is 13.9. The first-order chi connectivity index (χ1) is 19.9. The van der Waals surface area contributed by atoms with Crippen molar-refractivity contribution in [3.05, 3.63) is 95.6 Å². The molecule has 222 valence electrons. The van der Waals surface area contributed by atoms with E-state index in [0.717, 1.165) is 5.56 Å². The van der Waals surface area contributed by atoms with Crippen molar-refractivity contribution in [3.63, 3.8) is 0 Å². The van der Waals surface area contributed by atoms with E-state index in [0.29, 0.717) is 30.5 Å². The first kappa shape index (κ1) is 30.6. The molecular formula is C32H37FN4O5. The number of anilines is 1. The van der Waals surface area contributed by atoms with Crippen LogP contribution in [0.5, 0.6) is 0 Å². The summed E-state index contributed by atoms with van der Waals surface area (Å²) in [6.07, 6.45) is 3.66. The molecule has 4 atom stereocenters. The van der Waals surface area contributed by atoms with Crippen LogP contribution in [0.1, 0.15) is 68.1 Å². The molecule has 3 aromatic rings. The van der Waals surface area contributed by atoms with Crippen molar-refractivity contribution >= 4 is 23.6 Å². The molecular weight excluding hydrogens is 539 g/mol. The standard InChI is InChI=1S/C32H37FN4O5/c1-20(35-30(40)25-9-5-6-10-26(25)33)29(39)36-23-13-11-21(12-14-23)18-24-15-16-27(28(38)22-8-7-17-34-19-22)37(24)31(41)42-32(2,3)4/h5-14,17,19-20,24,27-28,38H,15-16,18H2,1-4H3,(H,35,40)(H,36,39)/t20-,24-,27+,28+/m0/s1. The number of halogens is 1. The van der Waals surface area contributed by atoms with Crippen LogP contribution in [0, 0.1) is 5.82 Å². The van der Waals surface area contributed by atoms with Gasteiger partial charge in [-0.15, -0.1) is 0 Å². The molecule has 0 unspecified atom stereocenters. The van der Waals surface area contributed by atoms with Gasteiger partial charge >= 0.3 is 6.09 Å². The van der Waals surface area contributed by atoms with Crippen molar-refractivity contribution < 1.29 is 28.6 Å². The second-order valence-electron chi connectivity index (χ2n) is 11.5. The van der Waals surface area contributed by atoms with Crippen molar-refractivity contribution in [2.75, 3.05) is 5.32 Å². The number of rotatable bonds is 8. The second-order valence-corrected chi connectivity index (χ2v) is 11.5. The van der Waals surface area contributed by atoms with E-state index in [9.17, 15) is 23.9 Å². The maximum atomic E-state index is 13.9. The lowest BCUT2D eigenvalue weighted by Gasteiger charge is -2.34. The van der Waals surface area contributed by atoms with Gasteiger partial charge in [-0.1, -0.05) is 30.3 Å². The van der Waals surface area contributed by atoms with E-state index in [-0.39, 0.29) is 11.6 Å². The molecule has 4 rings (SSSR count). The Morgan fingerprint density at radius 2 is 1.79 bits per heavy atom. The molecule has 3 N–H and O–H groups in total. The van der Waals surface area contributed by atoms with Gasteiger partial charge in [0.15, 0.2) is 0 Å². The molecule has 42 heavy (non-hydrogen) atoms. The number of ether oxygens (including phenoxy) is 1. The molecule has 9 nitrogen and oxygen atoms in total. The molecule has 2 aromatic carbocycles. The molecule has 3 amide bonds. The van der Waals surface area contributed by atoms with Gasteiger partial charge in [0, 0.05) is 29.7 Å². The SMILES string of the molecule is C[C@H](NC(=O)c1ccccc1F)C(=O)Nc1ccc(C[C@@H]2CC[C@H]([C@H](O)c3cccnc3)N2C(=O)OC(C)(C)C)cc1. The number of aliphatic hydroxyl groups is 1. The van der Waals surface area contributed by atoms with Gasteiger partial charge in [0.1, 0.15) is 23.6 Å². The number of hydrogen-bond donors (Lipinski definition) is 3. The fourth-order valence-corrected chi connectivity index (χ4v) is 5.03. The minimum atomic E-state index is -0.908. The van der Waals surface area contributed by atoms with Crippen LogP contribution in [0.2, 0.25) is 0 Å². The number of nitrogens with zero attached hydrogens (tertiary/aromatic N) is 2. The van der Waals surface area contributed by atoms with Gasteiger partial charge in [-0.2, -0.15) is 0 Å². The highest BCUT2D eigenvalue weighted by Gasteiger charge is 2.43. The number of aromatic nitrogens is 1. The summed E-state index contributed by atoms with van der Waals surface area (Å²) >= 11 is 0. The molecule has 1 aliphatic rings. The zero-order chi connectivity index (χ0) is 30.4. The van der Waals surface area contributed by atoms with E-state index < -0.39 is 47.5 Å². The summed E-state index contributed by atoms with van der Waals surface area (Å²) in [5.41, 5.74) is 1.26. The van der Waals surface area contributed by atoms with E-state index in [1.54, 1.807) is 47.6 Å². The van der Waals surface area contributed by atoms with Gasteiger partial charge < -0.3 is 20.5 Å². The molecule has 1 saturated heterocycles. The van der Waals surface area contributed by atoms with Crippen molar-refractivity contribution in [1.29, 1.82) is 0 Å². The highest BCUT2D eigenvalue weighted by Crippen LogP contribution is 2.35. The minimum absolute atomic E-state index is 0.135. The molecule has 0 aliphatic carbocycles. The van der Waals surface area contributed by atoms with E-state index >= 15 is 0 Å². The highest BCUT2D eigenvalue weighted by molar-refractivity contribution is 6.01. The molecule has 0 radical (unpaired) electrons. The van der Waals surface area contributed by atoms with Crippen molar-refractivity contribution in [2.45, 2.75) is 76.8 Å². The average Bonchev–Trinajstić information content (AvgIpc) is 3.37. The number of aliphatic hydroxyl groups excluding tert-OH is 1. The quantitative estimate of drug-likeness (QED) is 0.346. The Hall–Kier alpha value is -4.31. The van der Waals surface area contributed by atoms with Crippen LogP contribution < -0.4 is 10.6 Å². The number of hydrogen-bond acceptors (Lipinski definition) is 6. The van der Waals surface area contributed by atoms with Crippen LogP contribution in [0.3, 0.4) is 0 Å². The molecule has 0 spiro atoms. The maximum Gasteiger partial charge on any atom is 0.410 e. The fourth-order valence-electron chi connectivity index (χ4n) is 5.03. The van der Waals surface area contributed by atoms with Gasteiger partial charge in [-0.05, 0) is 82.9 Å². The largest absolute Gasteiger partial charge is 0.444 e. The third-order valence-corrected chi connectivity index (χ3v) is 7.09. The molecule has 1 fully saturated rings. The topological polar surface area (TPSA) is 121 Å². The third kappa shape index (κ3) is 7.70. The Balaban J connectivity index is 1.41. The Morgan fingerprint density at radius 3 is 2.43 bits per heavy atom. The monoisotopic (exact) mass is 576 g/mol. The number of carbonyl (C=O) groups excluding carboxylic acids is 3. The Bertz CT molecular complexity index is 1390. The van der Waals surface area contributed by atoms with Crippen molar-refractivity contribution in [1.82, 2.24) is 15.2 Å². The van der Waals surface area contributed by atoms with Gasteiger partial charge in [0.05, 0.1) is 11.6 Å². The lowest BCUT2D eigenvalue weighted by atomic mass is 10.0. The predicted molar refractivity (Wildman–Crippen MR) is 156 cm³/mol. The van der Waals surface area contributed by atoms with Crippen LogP contribution in [0.15, 0.2) is 73.1 Å². The summed E-state index contributed by atoms with van der Waals surface area (Å²) in [6.45, 7) is 6.94. The highest BCUT2D eigenvalue weighted by atomic mass is 19.1. The second kappa shape index (κ2) is 13.1. The number of benzene rings is 2. The van der Waals surface area contributed by atoms with E-state index in [4.69, 9.17) is 4.74 Å². The van der Waals surface area contributed by atoms with Gasteiger partial charge in [-0.3, -0.25) is 19.5 Å². The predicted octanol–water partition coefficient (Wildman–Crippen LogP) is 5.02. The molecule has 1 aromatic heterocycles. The molecule has 0 saturated carbocycles. The summed E-state index contributed by atoms with van der Waals surface area (Å²) in [7, 11) is 0. The summed E-state index contributed by atoms with van der Waals surface area (Å²) in [6, 6.07) is 14.7. The van der Waals surface area contributed by atoms with Crippen LogP contribution in [0.4, 0.5) is 14.9 Å². The lowest BCUT2D eigenvalue weighted by molar-refractivity contribution is -0.117. The average molecular weight is 577 g/mol. The van der Waals surface area contributed by atoms with Crippen LogP contribution >= 0.6 is 0 Å². The van der Waals surface area contributed by atoms with E-state index in [1.807, 2.05) is 32.9 Å². The summed E-state index contributed by atoms with van der Waals surface area (Å²) < 4.78 is 19.6. The van der Waals surface area contributed by atoms with Crippen LogP contribution in [0.25, 0.3) is 0 Å². The fraction of sp³-hybridized carbons (Fsp3) is 0.375. The zero-order valence-corrected chi connectivity index (χ0v) is 24.2. The summed E-state index contributed by atoms with van der Waals surface area (Å²) in [5.74, 6) is -1.79. The van der Waals surface area contributed by atoms with Gasteiger partial charge in [0.2, 0.25) is 5.91 Å². The van der Waals surface area contributed by atoms with Gasteiger partial charge in [0.25, 0.3) is 5.91 Å². The number of nitrogens with one attached hydrogen (secondary N) is 2. The molecule has 1 aliphatic heterocycles. The smallest absolute Gasteiger partial charge is 0.410 e. The number of amides is 3. The van der Waals surface area contributed by atoms with E-state index in [1.165, 1.54) is 25.1 Å². The van der Waals surface area contributed by atoms with Crippen LogP contribution in [-0.2, 0) is 16.0 Å². The van der Waals surface area contributed by atoms with Crippen molar-refractivity contribution in [2.24, 2.45) is 0 Å². The summed E-state index contributed by atoms with van der Waals surface area (Å²) in [5, 5.41) is 16.4. The van der Waals surface area contributed by atoms with Crippen molar-refractivity contribution in [3.8, 4) is 0 Å². The Morgan fingerprint density at radius 1 is 1.07 bits per heavy atom. The number of pyridine rings is 1. The first-order valence-corrected chi connectivity index (χ1v) is 14.0. The third-order valence-electron chi connectivity index (χ3n) is 7.09. The first-order valence-electron chi connectivity index (χ1n) is 14.0. The van der Waals surface area contributed by atoms with E-state index in [2.05, 4.69) is 15.6 Å². The Labute approximate surface area is 245 Å². The molecule has 0 bridgehead atoms. The lowest BCUT2D eigenvalue weighted by Crippen LogP contribution is -2.47. The zero-order valence-electron chi connectivity index (χ0n) is 24.2. The van der Waals surface area contributed by atoms with Crippen LogP contribution in [-0.4, -0.2) is 56.6 Å². The summed E-state index contributed by atoms with van der Waals surface area (Å²) in [4.78, 5) is 44.1.